The summed E-state index contributed by atoms with van der Waals surface area (Å²) >= 11 is 0. The van der Waals surface area contributed by atoms with E-state index in [0.29, 0.717) is 12.7 Å². The molecule has 2 aromatic carbocycles. The predicted molar refractivity (Wildman–Crippen MR) is 88.1 cm³/mol. The Bertz CT molecular complexity index is 833. The van der Waals surface area contributed by atoms with Crippen LogP contribution in [-0.2, 0) is 13.1 Å². The van der Waals surface area contributed by atoms with E-state index in [1.54, 1.807) is 14.2 Å². The molecule has 0 N–H and O–H groups in total. The van der Waals surface area contributed by atoms with Gasteiger partial charge in [0.25, 0.3) is 0 Å². The first-order valence-electron chi connectivity index (χ1n) is 8.16. The summed E-state index contributed by atoms with van der Waals surface area (Å²) in [5.74, 6) is 3.63. The molecule has 0 fully saturated rings. The maximum Gasteiger partial charge on any atom is 0.231 e. The van der Waals surface area contributed by atoms with Gasteiger partial charge in [0.05, 0.1) is 14.2 Å². The fraction of sp³-hybridized carbons (Fsp3) is 0.368. The van der Waals surface area contributed by atoms with E-state index in [9.17, 15) is 0 Å². The number of methoxy groups -OCH3 is 2. The standard InChI is InChI=1S/C19H19NO4/c1-21-16-3-11-7-20-8-12-4-18-19(24-10-23-18)6-14(12)15(9-20)13(11)5-17(16)22-2/h3-6,15H,7-10H2,1-2H3. The van der Waals surface area contributed by atoms with E-state index in [4.69, 9.17) is 18.9 Å². The Hall–Kier alpha value is -2.40. The van der Waals surface area contributed by atoms with Gasteiger partial charge in [-0.1, -0.05) is 0 Å². The second-order valence-electron chi connectivity index (χ2n) is 6.53. The summed E-state index contributed by atoms with van der Waals surface area (Å²) in [7, 11) is 3.37. The van der Waals surface area contributed by atoms with Crippen molar-refractivity contribution in [3.05, 3.63) is 46.5 Å². The van der Waals surface area contributed by atoms with Gasteiger partial charge in [0.1, 0.15) is 0 Å². The van der Waals surface area contributed by atoms with Crippen LogP contribution < -0.4 is 18.9 Å². The third-order valence-corrected chi connectivity index (χ3v) is 5.26. The number of hydrogen-bond donors (Lipinski definition) is 0. The molecule has 2 atom stereocenters. The van der Waals surface area contributed by atoms with Crippen molar-refractivity contribution in [2.24, 2.45) is 0 Å². The topological polar surface area (TPSA) is 40.2 Å². The second-order valence-corrected chi connectivity index (χ2v) is 6.53. The maximum atomic E-state index is 5.59. The zero-order valence-electron chi connectivity index (χ0n) is 13.8. The summed E-state index contributed by atoms with van der Waals surface area (Å²) in [6.07, 6.45) is 0. The number of ether oxygens (including phenoxy) is 4. The number of benzene rings is 2. The van der Waals surface area contributed by atoms with Crippen molar-refractivity contribution >= 4 is 0 Å². The Labute approximate surface area is 140 Å². The molecule has 0 radical (unpaired) electrons. The molecule has 3 aliphatic heterocycles. The van der Waals surface area contributed by atoms with Crippen molar-refractivity contribution in [3.8, 4) is 23.0 Å². The van der Waals surface area contributed by atoms with E-state index in [2.05, 4.69) is 29.2 Å². The molecule has 24 heavy (non-hydrogen) atoms. The molecule has 3 aliphatic rings. The van der Waals surface area contributed by atoms with Gasteiger partial charge < -0.3 is 18.9 Å². The molecule has 5 rings (SSSR count). The summed E-state index contributed by atoms with van der Waals surface area (Å²) in [4.78, 5) is 2.48. The van der Waals surface area contributed by atoms with Crippen molar-refractivity contribution in [3.63, 3.8) is 0 Å². The second kappa shape index (κ2) is 5.05. The fourth-order valence-corrected chi connectivity index (χ4v) is 4.15. The minimum atomic E-state index is 0.314. The van der Waals surface area contributed by atoms with E-state index < -0.39 is 0 Å². The molecular formula is C19H19NO4. The van der Waals surface area contributed by atoms with E-state index in [-0.39, 0.29) is 0 Å². The molecule has 2 aromatic rings. The highest BCUT2D eigenvalue weighted by Gasteiger charge is 2.35. The average Bonchev–Trinajstić information content (AvgIpc) is 3.06. The van der Waals surface area contributed by atoms with Gasteiger partial charge >= 0.3 is 0 Å². The van der Waals surface area contributed by atoms with E-state index >= 15 is 0 Å². The van der Waals surface area contributed by atoms with Crippen LogP contribution in [0.5, 0.6) is 23.0 Å². The molecule has 0 aliphatic carbocycles. The van der Waals surface area contributed by atoms with Crippen molar-refractivity contribution < 1.29 is 18.9 Å². The van der Waals surface area contributed by atoms with Gasteiger partial charge in [-0.05, 0) is 46.5 Å². The van der Waals surface area contributed by atoms with Crippen LogP contribution in [0.25, 0.3) is 0 Å². The van der Waals surface area contributed by atoms with Crippen LogP contribution in [0.15, 0.2) is 24.3 Å². The first kappa shape index (κ1) is 14.0. The lowest BCUT2D eigenvalue weighted by atomic mass is 9.79. The molecule has 2 unspecified atom stereocenters. The van der Waals surface area contributed by atoms with Gasteiger partial charge in [0.15, 0.2) is 23.0 Å². The quantitative estimate of drug-likeness (QED) is 0.849. The number of hydrogen-bond acceptors (Lipinski definition) is 5. The Kier molecular flexibility index (Phi) is 2.94. The minimum Gasteiger partial charge on any atom is -0.493 e. The predicted octanol–water partition coefficient (Wildman–Crippen LogP) is 2.89. The summed E-state index contributed by atoms with van der Waals surface area (Å²) < 4.78 is 22.1. The van der Waals surface area contributed by atoms with Crippen LogP contribution in [0.3, 0.4) is 0 Å². The van der Waals surface area contributed by atoms with Gasteiger partial charge in [-0.25, -0.2) is 0 Å². The third-order valence-electron chi connectivity index (χ3n) is 5.26. The lowest BCUT2D eigenvalue weighted by Crippen LogP contribution is -2.38. The SMILES string of the molecule is COc1cc2c(cc1OC)C1CN(C2)Cc2cc3c(cc21)OCO3. The molecule has 5 heteroatoms. The Morgan fingerprint density at radius 3 is 2.25 bits per heavy atom. The van der Waals surface area contributed by atoms with Crippen LogP contribution >= 0.6 is 0 Å². The Morgan fingerprint density at radius 2 is 1.50 bits per heavy atom. The normalized spacial score (nSPS) is 22.6. The summed E-state index contributed by atoms with van der Waals surface area (Å²) in [6.45, 7) is 3.21. The van der Waals surface area contributed by atoms with Crippen LogP contribution in [0.4, 0.5) is 0 Å². The molecule has 5 nitrogen and oxygen atoms in total. The largest absolute Gasteiger partial charge is 0.493 e. The molecule has 124 valence electrons. The van der Waals surface area contributed by atoms with E-state index in [0.717, 1.165) is 42.6 Å². The maximum absolute atomic E-state index is 5.59. The van der Waals surface area contributed by atoms with Crippen LogP contribution in [-0.4, -0.2) is 32.5 Å². The van der Waals surface area contributed by atoms with Gasteiger partial charge in [-0.2, -0.15) is 0 Å². The summed E-state index contributed by atoms with van der Waals surface area (Å²) in [5, 5.41) is 0. The Balaban J connectivity index is 1.67. The van der Waals surface area contributed by atoms with Gasteiger partial charge in [-0.3, -0.25) is 4.90 Å². The molecule has 0 saturated heterocycles. The van der Waals surface area contributed by atoms with Gasteiger partial charge in [0.2, 0.25) is 6.79 Å². The number of fused-ring (bicyclic) bond motifs is 7. The molecule has 2 bridgehead atoms. The zero-order valence-corrected chi connectivity index (χ0v) is 13.8. The van der Waals surface area contributed by atoms with Crippen molar-refractivity contribution in [2.45, 2.75) is 19.0 Å². The Morgan fingerprint density at radius 1 is 0.875 bits per heavy atom. The fourth-order valence-electron chi connectivity index (χ4n) is 4.15. The number of nitrogens with zero attached hydrogens (tertiary/aromatic N) is 1. The van der Waals surface area contributed by atoms with Crippen LogP contribution in [0, 0.1) is 0 Å². The molecule has 0 amide bonds. The van der Waals surface area contributed by atoms with Gasteiger partial charge in [-0.15, -0.1) is 0 Å². The third kappa shape index (κ3) is 1.91. The molecule has 0 aromatic heterocycles. The van der Waals surface area contributed by atoms with Crippen molar-refractivity contribution in [2.75, 3.05) is 27.6 Å². The van der Waals surface area contributed by atoms with Crippen molar-refractivity contribution in [1.29, 1.82) is 0 Å². The van der Waals surface area contributed by atoms with Gasteiger partial charge in [0, 0.05) is 25.6 Å². The van der Waals surface area contributed by atoms with E-state index in [1.165, 1.54) is 22.3 Å². The van der Waals surface area contributed by atoms with Crippen molar-refractivity contribution in [1.82, 2.24) is 4.90 Å². The molecule has 0 saturated carbocycles. The first-order valence-corrected chi connectivity index (χ1v) is 8.16. The summed E-state index contributed by atoms with van der Waals surface area (Å²) in [6, 6.07) is 8.55. The molecule has 3 heterocycles. The lowest BCUT2D eigenvalue weighted by molar-refractivity contribution is 0.174. The van der Waals surface area contributed by atoms with Crippen LogP contribution in [0.1, 0.15) is 28.2 Å². The molecule has 0 spiro atoms. The first-order chi connectivity index (χ1) is 11.8. The summed E-state index contributed by atoms with van der Waals surface area (Å²) in [5.41, 5.74) is 5.30. The highest BCUT2D eigenvalue weighted by atomic mass is 16.7. The van der Waals surface area contributed by atoms with Crippen LogP contribution in [0.2, 0.25) is 0 Å². The zero-order chi connectivity index (χ0) is 16.3. The highest BCUT2D eigenvalue weighted by molar-refractivity contribution is 5.57. The van der Waals surface area contributed by atoms with E-state index in [1.807, 2.05) is 0 Å². The smallest absolute Gasteiger partial charge is 0.231 e. The lowest BCUT2D eigenvalue weighted by Gasteiger charge is -2.40. The minimum absolute atomic E-state index is 0.314. The monoisotopic (exact) mass is 325 g/mol. The molecular weight excluding hydrogens is 306 g/mol. The highest BCUT2D eigenvalue weighted by Crippen LogP contribution is 2.47. The average molecular weight is 325 g/mol. The number of rotatable bonds is 2.